The van der Waals surface area contributed by atoms with Gasteiger partial charge in [0.2, 0.25) is 5.91 Å². The van der Waals surface area contributed by atoms with Crippen molar-refractivity contribution in [1.29, 1.82) is 0 Å². The number of benzene rings is 1. The molecule has 22 heavy (non-hydrogen) atoms. The Bertz CT molecular complexity index is 560. The molecule has 0 saturated carbocycles. The lowest BCUT2D eigenvalue weighted by atomic mass is 9.95. The summed E-state index contributed by atoms with van der Waals surface area (Å²) in [6.45, 7) is 4.86. The fraction of sp³-hybridized carbons (Fsp3) is 0.611. The molecule has 0 bridgehead atoms. The number of fused-ring (bicyclic) bond motifs is 1. The van der Waals surface area contributed by atoms with E-state index in [-0.39, 0.29) is 6.04 Å². The molecule has 0 unspecified atom stereocenters. The Morgan fingerprint density at radius 1 is 1.27 bits per heavy atom. The molecule has 0 N–H and O–H groups in total. The number of hydrogen-bond donors (Lipinski definition) is 0. The van der Waals surface area contributed by atoms with E-state index in [0.29, 0.717) is 11.8 Å². The molecule has 1 aromatic carbocycles. The van der Waals surface area contributed by atoms with Gasteiger partial charge in [-0.15, -0.1) is 0 Å². The van der Waals surface area contributed by atoms with Crippen LogP contribution in [0.1, 0.15) is 43.2 Å². The molecular formula is C18H25ClN2O. The van der Waals surface area contributed by atoms with Gasteiger partial charge in [-0.2, -0.15) is 0 Å². The average molecular weight is 321 g/mol. The highest BCUT2D eigenvalue weighted by Crippen LogP contribution is 2.29. The van der Waals surface area contributed by atoms with Crippen LogP contribution in [0, 0.1) is 0 Å². The lowest BCUT2D eigenvalue weighted by molar-refractivity contribution is -0.137. The Morgan fingerprint density at radius 3 is 2.86 bits per heavy atom. The number of piperidine rings is 1. The van der Waals surface area contributed by atoms with Gasteiger partial charge in [0, 0.05) is 18.1 Å². The largest absolute Gasteiger partial charge is 0.340 e. The normalized spacial score (nSPS) is 26.4. The molecule has 0 spiro atoms. The number of amides is 1. The topological polar surface area (TPSA) is 23.6 Å². The standard InChI is InChI=1S/C18H25ClN2O/c1-13-12-21(18(22)17-5-3-4-9-20(17)2)10-8-14-6-7-15(19)11-16(13)14/h6-7,11,13,17H,3-5,8-10,12H2,1-2H3/t13-,17-/m0/s1. The SMILES string of the molecule is C[C@H]1CN(C(=O)[C@@H]2CCCCN2C)CCc2ccc(Cl)cc21. The van der Waals surface area contributed by atoms with Crippen LogP contribution in [0.4, 0.5) is 0 Å². The third-order valence-corrected chi connectivity index (χ3v) is 5.39. The van der Waals surface area contributed by atoms with Crippen LogP contribution < -0.4 is 0 Å². The van der Waals surface area contributed by atoms with Crippen molar-refractivity contribution in [3.05, 3.63) is 34.3 Å². The van der Waals surface area contributed by atoms with Crippen LogP contribution in [0.2, 0.25) is 5.02 Å². The molecule has 1 fully saturated rings. The molecular weight excluding hydrogens is 296 g/mol. The highest BCUT2D eigenvalue weighted by molar-refractivity contribution is 6.30. The van der Waals surface area contributed by atoms with Crippen LogP contribution in [0.5, 0.6) is 0 Å². The van der Waals surface area contributed by atoms with Crippen molar-refractivity contribution >= 4 is 17.5 Å². The first-order valence-electron chi connectivity index (χ1n) is 8.33. The van der Waals surface area contributed by atoms with Crippen molar-refractivity contribution in [3.63, 3.8) is 0 Å². The summed E-state index contributed by atoms with van der Waals surface area (Å²) >= 11 is 6.15. The van der Waals surface area contributed by atoms with Crippen LogP contribution in [0.15, 0.2) is 18.2 Å². The second-order valence-electron chi connectivity index (χ2n) is 6.77. The van der Waals surface area contributed by atoms with Gasteiger partial charge in [0.1, 0.15) is 0 Å². The first-order valence-corrected chi connectivity index (χ1v) is 8.71. The Labute approximate surface area is 138 Å². The van der Waals surface area contributed by atoms with E-state index in [1.807, 2.05) is 6.07 Å². The number of likely N-dealkylation sites (tertiary alicyclic amines) is 1. The van der Waals surface area contributed by atoms with Gasteiger partial charge in [-0.25, -0.2) is 0 Å². The molecule has 1 aromatic rings. The number of nitrogens with zero attached hydrogens (tertiary/aromatic N) is 2. The number of carbonyl (C=O) groups excluding carboxylic acids is 1. The second-order valence-corrected chi connectivity index (χ2v) is 7.21. The molecule has 2 heterocycles. The van der Waals surface area contributed by atoms with Crippen molar-refractivity contribution in [2.45, 2.75) is 44.6 Å². The lowest BCUT2D eigenvalue weighted by Crippen LogP contribution is -2.50. The molecule has 2 aliphatic rings. The van der Waals surface area contributed by atoms with Crippen molar-refractivity contribution in [1.82, 2.24) is 9.80 Å². The van der Waals surface area contributed by atoms with E-state index in [9.17, 15) is 4.79 Å². The van der Waals surface area contributed by atoms with Gasteiger partial charge in [0.25, 0.3) is 0 Å². The molecule has 2 atom stereocenters. The molecule has 2 aliphatic heterocycles. The Kier molecular flexibility index (Phi) is 4.74. The van der Waals surface area contributed by atoms with Crippen LogP contribution in [-0.2, 0) is 11.2 Å². The van der Waals surface area contributed by atoms with E-state index in [4.69, 9.17) is 11.6 Å². The van der Waals surface area contributed by atoms with E-state index in [1.54, 1.807) is 0 Å². The predicted molar refractivity (Wildman–Crippen MR) is 90.4 cm³/mol. The number of likely N-dealkylation sites (N-methyl/N-ethyl adjacent to an activating group) is 1. The van der Waals surface area contributed by atoms with Gasteiger partial charge < -0.3 is 4.90 Å². The molecule has 120 valence electrons. The Hall–Kier alpha value is -1.06. The summed E-state index contributed by atoms with van der Waals surface area (Å²) in [5, 5.41) is 0.789. The second kappa shape index (κ2) is 6.59. The highest BCUT2D eigenvalue weighted by atomic mass is 35.5. The summed E-state index contributed by atoms with van der Waals surface area (Å²) in [6, 6.07) is 6.22. The maximum atomic E-state index is 12.9. The van der Waals surface area contributed by atoms with Crippen molar-refractivity contribution < 1.29 is 4.79 Å². The first kappa shape index (κ1) is 15.8. The Morgan fingerprint density at radius 2 is 2.09 bits per heavy atom. The molecule has 3 rings (SSSR count). The van der Waals surface area contributed by atoms with Gasteiger partial charge in [-0.3, -0.25) is 9.69 Å². The summed E-state index contributed by atoms with van der Waals surface area (Å²) in [4.78, 5) is 17.2. The van der Waals surface area contributed by atoms with Gasteiger partial charge in [0.15, 0.2) is 0 Å². The minimum Gasteiger partial charge on any atom is -0.340 e. The molecule has 1 amide bonds. The third-order valence-electron chi connectivity index (χ3n) is 5.15. The number of rotatable bonds is 1. The molecule has 0 aromatic heterocycles. The molecule has 3 nitrogen and oxygen atoms in total. The minimum absolute atomic E-state index is 0.0748. The van der Waals surface area contributed by atoms with Gasteiger partial charge in [-0.05, 0) is 62.0 Å². The zero-order chi connectivity index (χ0) is 15.7. The zero-order valence-electron chi connectivity index (χ0n) is 13.5. The van der Waals surface area contributed by atoms with E-state index < -0.39 is 0 Å². The minimum atomic E-state index is 0.0748. The molecule has 1 saturated heterocycles. The maximum absolute atomic E-state index is 12.9. The summed E-state index contributed by atoms with van der Waals surface area (Å²) < 4.78 is 0. The van der Waals surface area contributed by atoms with Crippen LogP contribution >= 0.6 is 11.6 Å². The zero-order valence-corrected chi connectivity index (χ0v) is 14.3. The van der Waals surface area contributed by atoms with Crippen molar-refractivity contribution in [2.75, 3.05) is 26.7 Å². The van der Waals surface area contributed by atoms with Gasteiger partial charge in [-0.1, -0.05) is 31.0 Å². The highest BCUT2D eigenvalue weighted by Gasteiger charge is 2.31. The van der Waals surface area contributed by atoms with E-state index in [1.165, 1.54) is 24.0 Å². The summed E-state index contributed by atoms with van der Waals surface area (Å²) in [7, 11) is 2.08. The summed E-state index contributed by atoms with van der Waals surface area (Å²) in [5.41, 5.74) is 2.64. The molecule has 0 radical (unpaired) electrons. The molecule has 4 heteroatoms. The van der Waals surface area contributed by atoms with E-state index in [0.717, 1.165) is 37.5 Å². The third kappa shape index (κ3) is 3.16. The predicted octanol–water partition coefficient (Wildman–Crippen LogP) is 3.31. The first-order chi connectivity index (χ1) is 10.6. The molecule has 0 aliphatic carbocycles. The summed E-state index contributed by atoms with van der Waals surface area (Å²) in [5.74, 6) is 0.655. The number of halogens is 1. The average Bonchev–Trinajstić information content (AvgIpc) is 2.67. The van der Waals surface area contributed by atoms with Gasteiger partial charge >= 0.3 is 0 Å². The smallest absolute Gasteiger partial charge is 0.239 e. The van der Waals surface area contributed by atoms with Crippen molar-refractivity contribution in [2.24, 2.45) is 0 Å². The van der Waals surface area contributed by atoms with Crippen LogP contribution in [0.3, 0.4) is 0 Å². The fourth-order valence-electron chi connectivity index (χ4n) is 3.83. The van der Waals surface area contributed by atoms with Crippen LogP contribution in [0.25, 0.3) is 0 Å². The monoisotopic (exact) mass is 320 g/mol. The number of carbonyl (C=O) groups is 1. The van der Waals surface area contributed by atoms with Crippen molar-refractivity contribution in [3.8, 4) is 0 Å². The Balaban J connectivity index is 1.76. The quantitative estimate of drug-likeness (QED) is 0.792. The fourth-order valence-corrected chi connectivity index (χ4v) is 4.01. The lowest BCUT2D eigenvalue weighted by Gasteiger charge is -2.35. The number of hydrogen-bond acceptors (Lipinski definition) is 2. The van der Waals surface area contributed by atoms with E-state index >= 15 is 0 Å². The van der Waals surface area contributed by atoms with Crippen LogP contribution in [-0.4, -0.2) is 48.4 Å². The maximum Gasteiger partial charge on any atom is 0.239 e. The van der Waals surface area contributed by atoms with Gasteiger partial charge in [0.05, 0.1) is 6.04 Å². The summed E-state index contributed by atoms with van der Waals surface area (Å²) in [6.07, 6.45) is 4.30. The van der Waals surface area contributed by atoms with E-state index in [2.05, 4.69) is 35.9 Å².